The first-order valence-corrected chi connectivity index (χ1v) is 8.15. The molecule has 4 rings (SSSR count). The molecule has 0 bridgehead atoms. The van der Waals surface area contributed by atoms with Gasteiger partial charge in [0.1, 0.15) is 0 Å². The van der Waals surface area contributed by atoms with Gasteiger partial charge in [-0.2, -0.15) is 0 Å². The van der Waals surface area contributed by atoms with Gasteiger partial charge in [0.15, 0.2) is 5.82 Å². The van der Waals surface area contributed by atoms with Gasteiger partial charge in [-0.3, -0.25) is 4.79 Å². The molecule has 0 radical (unpaired) electrons. The number of piperidine rings is 1. The van der Waals surface area contributed by atoms with Crippen LogP contribution in [0.2, 0.25) is 0 Å². The molecule has 1 saturated carbocycles. The lowest BCUT2D eigenvalue weighted by molar-refractivity contribution is -0.138. The van der Waals surface area contributed by atoms with Crippen molar-refractivity contribution in [1.82, 2.24) is 24.4 Å². The Morgan fingerprint density at radius 3 is 2.58 bits per heavy atom. The van der Waals surface area contributed by atoms with E-state index in [0.29, 0.717) is 24.8 Å². The van der Waals surface area contributed by atoms with E-state index in [1.165, 1.54) is 0 Å². The third-order valence-corrected chi connectivity index (χ3v) is 4.67. The molecule has 7 nitrogen and oxygen atoms in total. The molecule has 1 N–H and O–H groups in total. The van der Waals surface area contributed by atoms with Crippen LogP contribution < -0.4 is 5.32 Å². The smallest absolute Gasteiger partial charge is 0.223 e. The first-order valence-electron chi connectivity index (χ1n) is 8.15. The molecule has 1 aliphatic heterocycles. The molecular weight excluding hydrogens is 311 g/mol. The number of anilines is 1. The van der Waals surface area contributed by atoms with Crippen LogP contribution in [0.15, 0.2) is 24.9 Å². The monoisotopic (exact) mass is 330 g/mol. The Hall–Kier alpha value is -2.51. The second kappa shape index (κ2) is 5.85. The molecule has 2 atom stereocenters. The van der Waals surface area contributed by atoms with Crippen molar-refractivity contribution >= 4 is 11.9 Å². The topological polar surface area (TPSA) is 75.9 Å². The Kier molecular flexibility index (Phi) is 3.66. The van der Waals surface area contributed by atoms with E-state index in [-0.39, 0.29) is 18.0 Å². The van der Waals surface area contributed by atoms with Crippen LogP contribution in [0.25, 0.3) is 0 Å². The van der Waals surface area contributed by atoms with Gasteiger partial charge in [-0.1, -0.05) is 0 Å². The molecule has 1 amide bonds. The molecule has 2 fully saturated rings. The second-order valence-corrected chi connectivity index (χ2v) is 6.42. The van der Waals surface area contributed by atoms with E-state index in [0.717, 1.165) is 30.9 Å². The molecule has 3 heterocycles. The summed E-state index contributed by atoms with van der Waals surface area (Å²) >= 11 is 0. The molecule has 0 aromatic carbocycles. The van der Waals surface area contributed by atoms with Crippen molar-refractivity contribution in [3.05, 3.63) is 36.4 Å². The van der Waals surface area contributed by atoms with Crippen LogP contribution in [0.5, 0.6) is 0 Å². The highest BCUT2D eigenvalue weighted by Crippen LogP contribution is 2.41. The number of nitrogens with one attached hydrogen (secondary N) is 1. The van der Waals surface area contributed by atoms with Gasteiger partial charge in [-0.25, -0.2) is 19.3 Å². The molecule has 1 aliphatic carbocycles. The largest absolute Gasteiger partial charge is 0.349 e. The Morgan fingerprint density at radius 2 is 1.96 bits per heavy atom. The van der Waals surface area contributed by atoms with Crippen molar-refractivity contribution in [1.29, 1.82) is 0 Å². The van der Waals surface area contributed by atoms with E-state index in [2.05, 4.69) is 20.3 Å². The van der Waals surface area contributed by atoms with Crippen molar-refractivity contribution < 1.29 is 9.18 Å². The van der Waals surface area contributed by atoms with Gasteiger partial charge >= 0.3 is 0 Å². The lowest BCUT2D eigenvalue weighted by atomic mass is 9.93. The van der Waals surface area contributed by atoms with Crippen LogP contribution in [0.1, 0.15) is 37.4 Å². The summed E-state index contributed by atoms with van der Waals surface area (Å²) in [5, 5.41) is 3.28. The first kappa shape index (κ1) is 15.0. The van der Waals surface area contributed by atoms with E-state index in [1.54, 1.807) is 12.5 Å². The highest BCUT2D eigenvalue weighted by atomic mass is 19.1. The van der Waals surface area contributed by atoms with Gasteiger partial charge in [0.05, 0.1) is 42.7 Å². The average Bonchev–Trinajstić information content (AvgIpc) is 3.32. The number of likely N-dealkylation sites (tertiary alicyclic amines) is 1. The minimum atomic E-state index is -0.470. The number of halogens is 1. The van der Waals surface area contributed by atoms with Gasteiger partial charge in [0.25, 0.3) is 0 Å². The number of hydrogen-bond donors (Lipinski definition) is 1. The summed E-state index contributed by atoms with van der Waals surface area (Å²) in [4.78, 5) is 26.7. The van der Waals surface area contributed by atoms with Crippen molar-refractivity contribution in [3.63, 3.8) is 0 Å². The Balaban J connectivity index is 1.66. The molecule has 0 unspecified atom stereocenters. The van der Waals surface area contributed by atoms with Crippen LogP contribution in [0.3, 0.4) is 0 Å². The minimum absolute atomic E-state index is 0.0378. The van der Waals surface area contributed by atoms with E-state index in [9.17, 15) is 9.18 Å². The van der Waals surface area contributed by atoms with Crippen LogP contribution in [0.4, 0.5) is 10.3 Å². The van der Waals surface area contributed by atoms with Crippen molar-refractivity contribution in [3.8, 4) is 0 Å². The Labute approximate surface area is 138 Å². The molecule has 2 aliphatic rings. The van der Waals surface area contributed by atoms with E-state index in [1.807, 2.05) is 16.5 Å². The van der Waals surface area contributed by atoms with Gasteiger partial charge in [0, 0.05) is 19.5 Å². The molecule has 2 aromatic heterocycles. The summed E-state index contributed by atoms with van der Waals surface area (Å²) in [6.45, 7) is 0. The molecule has 126 valence electrons. The summed E-state index contributed by atoms with van der Waals surface area (Å²) in [7, 11) is 1.93. The maximum absolute atomic E-state index is 13.0. The number of rotatable bonds is 4. The number of imidazole rings is 1. The van der Waals surface area contributed by atoms with Gasteiger partial charge in [0.2, 0.25) is 11.9 Å². The Bertz CT molecular complexity index is 741. The third kappa shape index (κ3) is 2.72. The fourth-order valence-electron chi connectivity index (χ4n) is 3.40. The molecular formula is C16H19FN6O. The zero-order valence-corrected chi connectivity index (χ0v) is 13.4. The van der Waals surface area contributed by atoms with Crippen LogP contribution in [0, 0.1) is 5.82 Å². The van der Waals surface area contributed by atoms with Crippen LogP contribution in [-0.2, 0) is 11.8 Å². The van der Waals surface area contributed by atoms with Gasteiger partial charge in [-0.15, -0.1) is 0 Å². The van der Waals surface area contributed by atoms with E-state index >= 15 is 0 Å². The zero-order chi connectivity index (χ0) is 16.7. The highest BCUT2D eigenvalue weighted by molar-refractivity contribution is 5.78. The number of aryl methyl sites for hydroxylation is 1. The number of carbonyl (C=O) groups excluding carboxylic acids is 1. The lowest BCUT2D eigenvalue weighted by Crippen LogP contribution is -2.49. The number of nitrogens with zero attached hydrogens (tertiary/aromatic N) is 5. The van der Waals surface area contributed by atoms with Gasteiger partial charge in [-0.05, 0) is 19.3 Å². The summed E-state index contributed by atoms with van der Waals surface area (Å²) in [6, 6.07) is 0.139. The SMILES string of the molecule is Cn1cncc1[C@H]1[C@H](Nc2ncc(F)cn2)CCC(=O)N1C1CC1. The zero-order valence-electron chi connectivity index (χ0n) is 13.4. The van der Waals surface area contributed by atoms with E-state index in [4.69, 9.17) is 0 Å². The maximum Gasteiger partial charge on any atom is 0.223 e. The van der Waals surface area contributed by atoms with Crippen molar-refractivity contribution in [2.24, 2.45) is 7.05 Å². The fraction of sp³-hybridized carbons (Fsp3) is 0.500. The summed E-state index contributed by atoms with van der Waals surface area (Å²) < 4.78 is 15.0. The van der Waals surface area contributed by atoms with Crippen molar-refractivity contribution in [2.45, 2.75) is 43.8 Å². The second-order valence-electron chi connectivity index (χ2n) is 6.42. The van der Waals surface area contributed by atoms with Crippen LogP contribution in [-0.4, -0.2) is 42.4 Å². The maximum atomic E-state index is 13.0. The average molecular weight is 330 g/mol. The standard InChI is InChI=1S/C16H19FN6O/c1-22-9-18-8-13(22)15-12(21-16-19-6-10(17)7-20-16)4-5-14(24)23(15)11-2-3-11/h6-9,11-12,15H,2-5H2,1H3,(H,19,20,21)/t12-,15-/m1/s1. The molecule has 1 saturated heterocycles. The highest BCUT2D eigenvalue weighted by Gasteiger charge is 2.45. The van der Waals surface area contributed by atoms with Gasteiger partial charge < -0.3 is 14.8 Å². The molecule has 0 spiro atoms. The summed E-state index contributed by atoms with van der Waals surface area (Å²) in [5.74, 6) is 0.0857. The predicted octanol–water partition coefficient (Wildman–Crippen LogP) is 1.66. The normalized spacial score (nSPS) is 24.2. The molecule has 8 heteroatoms. The minimum Gasteiger partial charge on any atom is -0.349 e. The lowest BCUT2D eigenvalue weighted by Gasteiger charge is -2.41. The third-order valence-electron chi connectivity index (χ3n) is 4.67. The molecule has 24 heavy (non-hydrogen) atoms. The Morgan fingerprint density at radius 1 is 1.21 bits per heavy atom. The number of hydrogen-bond acceptors (Lipinski definition) is 5. The fourth-order valence-corrected chi connectivity index (χ4v) is 3.40. The molecule has 2 aromatic rings. The summed E-state index contributed by atoms with van der Waals surface area (Å²) in [6.07, 6.45) is 9.08. The number of aromatic nitrogens is 4. The summed E-state index contributed by atoms with van der Waals surface area (Å²) in [5.41, 5.74) is 0.981. The number of carbonyl (C=O) groups is 1. The quantitative estimate of drug-likeness (QED) is 0.922. The first-order chi connectivity index (χ1) is 11.6. The number of amides is 1. The van der Waals surface area contributed by atoms with Crippen LogP contribution >= 0.6 is 0 Å². The van der Waals surface area contributed by atoms with E-state index < -0.39 is 5.82 Å². The van der Waals surface area contributed by atoms with Crippen molar-refractivity contribution in [2.75, 3.05) is 5.32 Å². The predicted molar refractivity (Wildman–Crippen MR) is 84.5 cm³/mol.